The topological polar surface area (TPSA) is 88.3 Å². The molecule has 0 saturated heterocycles. The Hall–Kier alpha value is -3.22. The van der Waals surface area contributed by atoms with Crippen LogP contribution in [0.5, 0.6) is 0 Å². The van der Waals surface area contributed by atoms with Gasteiger partial charge in [0.25, 0.3) is 5.91 Å². The number of nitrogens with one attached hydrogen (secondary N) is 1. The minimum atomic E-state index is -0.198. The highest BCUT2D eigenvalue weighted by atomic mass is 35.5. The molecule has 0 unspecified atom stereocenters. The molecule has 1 aliphatic rings. The molecule has 1 saturated carbocycles. The molecule has 4 rings (SSSR count). The van der Waals surface area contributed by atoms with Crippen LogP contribution in [0, 0.1) is 0 Å². The smallest absolute Gasteiger partial charge is 0.256 e. The SMILES string of the molecule is CNC(=O)CN(C(=O)c1cncc(-c2ccccc2)c1)C1CCC(CN)(c2cccc(Cl)c2)CC1. The minimum absolute atomic E-state index is 0.00234. The number of nitrogens with two attached hydrogens (primary N) is 1. The van der Waals surface area contributed by atoms with Gasteiger partial charge in [-0.05, 0) is 55.0 Å². The lowest BCUT2D eigenvalue weighted by Crippen LogP contribution is -2.50. The van der Waals surface area contributed by atoms with Crippen LogP contribution in [0.25, 0.3) is 11.1 Å². The van der Waals surface area contributed by atoms with Crippen LogP contribution in [0.4, 0.5) is 0 Å². The summed E-state index contributed by atoms with van der Waals surface area (Å²) in [6.45, 7) is 0.509. The number of amides is 2. The largest absolute Gasteiger partial charge is 0.358 e. The lowest BCUT2D eigenvalue weighted by atomic mass is 9.68. The molecule has 182 valence electrons. The van der Waals surface area contributed by atoms with Crippen LogP contribution in [-0.4, -0.2) is 47.9 Å². The third-order valence-electron chi connectivity index (χ3n) is 7.13. The van der Waals surface area contributed by atoms with Crippen LogP contribution >= 0.6 is 11.6 Å². The average molecular weight is 491 g/mol. The van der Waals surface area contributed by atoms with Crippen molar-refractivity contribution in [3.8, 4) is 11.1 Å². The average Bonchev–Trinajstić information content (AvgIpc) is 2.92. The first-order chi connectivity index (χ1) is 17.0. The molecule has 1 fully saturated rings. The minimum Gasteiger partial charge on any atom is -0.358 e. The molecule has 6 nitrogen and oxygen atoms in total. The first-order valence-corrected chi connectivity index (χ1v) is 12.3. The molecule has 0 aliphatic heterocycles. The first kappa shape index (κ1) is 24.9. The molecular formula is C28H31ClN4O2. The van der Waals surface area contributed by atoms with Crippen LogP contribution < -0.4 is 11.1 Å². The van der Waals surface area contributed by atoms with Crippen molar-refractivity contribution in [1.29, 1.82) is 0 Å². The molecule has 1 aliphatic carbocycles. The molecule has 1 aromatic heterocycles. The summed E-state index contributed by atoms with van der Waals surface area (Å²) in [5, 5.41) is 3.35. The van der Waals surface area contributed by atoms with E-state index in [9.17, 15) is 9.59 Å². The van der Waals surface area contributed by atoms with Gasteiger partial charge in [-0.25, -0.2) is 0 Å². The third kappa shape index (κ3) is 5.55. The number of hydrogen-bond donors (Lipinski definition) is 2. The highest BCUT2D eigenvalue weighted by Crippen LogP contribution is 2.41. The molecule has 3 aromatic rings. The van der Waals surface area contributed by atoms with Crippen molar-refractivity contribution in [3.05, 3.63) is 89.2 Å². The Labute approximate surface area is 211 Å². The predicted molar refractivity (Wildman–Crippen MR) is 139 cm³/mol. The van der Waals surface area contributed by atoms with Crippen molar-refractivity contribution in [2.24, 2.45) is 5.73 Å². The maximum atomic E-state index is 13.7. The summed E-state index contributed by atoms with van der Waals surface area (Å²) in [6.07, 6.45) is 6.44. The van der Waals surface area contributed by atoms with Gasteiger partial charge in [0, 0.05) is 48.0 Å². The van der Waals surface area contributed by atoms with E-state index in [1.54, 1.807) is 24.3 Å². The highest BCUT2D eigenvalue weighted by Gasteiger charge is 2.39. The summed E-state index contributed by atoms with van der Waals surface area (Å²) in [4.78, 5) is 32.1. The maximum absolute atomic E-state index is 13.7. The number of carbonyl (C=O) groups is 2. The molecule has 7 heteroatoms. The lowest BCUT2D eigenvalue weighted by molar-refractivity contribution is -0.121. The zero-order chi connectivity index (χ0) is 24.8. The van der Waals surface area contributed by atoms with E-state index in [1.165, 1.54) is 0 Å². The van der Waals surface area contributed by atoms with E-state index >= 15 is 0 Å². The van der Waals surface area contributed by atoms with Crippen molar-refractivity contribution in [2.45, 2.75) is 37.1 Å². The second-order valence-electron chi connectivity index (χ2n) is 9.16. The quantitative estimate of drug-likeness (QED) is 0.512. The zero-order valence-corrected chi connectivity index (χ0v) is 20.7. The number of hydrogen-bond acceptors (Lipinski definition) is 4. The van der Waals surface area contributed by atoms with Crippen LogP contribution in [-0.2, 0) is 10.2 Å². The standard InChI is InChI=1S/C28H31ClN4O2/c1-31-26(34)18-33(27(35)22-14-21(16-32-17-22)20-6-3-2-4-7-20)25-10-12-28(19-30,13-11-25)23-8-5-9-24(29)15-23/h2-9,14-17,25H,10-13,18-19,30H2,1H3,(H,31,34). The number of likely N-dealkylation sites (N-methyl/N-ethyl adjacent to an activating group) is 1. The lowest BCUT2D eigenvalue weighted by Gasteiger charge is -2.43. The molecule has 0 radical (unpaired) electrons. The van der Waals surface area contributed by atoms with Crippen LogP contribution in [0.1, 0.15) is 41.6 Å². The van der Waals surface area contributed by atoms with Gasteiger partial charge in [0.15, 0.2) is 0 Å². The Balaban J connectivity index is 1.58. The number of carbonyl (C=O) groups excluding carboxylic acids is 2. The van der Waals surface area contributed by atoms with Crippen molar-refractivity contribution in [3.63, 3.8) is 0 Å². The van der Waals surface area contributed by atoms with Crippen molar-refractivity contribution in [1.82, 2.24) is 15.2 Å². The van der Waals surface area contributed by atoms with Crippen LogP contribution in [0.15, 0.2) is 73.1 Å². The number of benzene rings is 2. The molecule has 1 heterocycles. The Morgan fingerprint density at radius 1 is 1.06 bits per heavy atom. The van der Waals surface area contributed by atoms with Crippen LogP contribution in [0.2, 0.25) is 5.02 Å². The van der Waals surface area contributed by atoms with Crippen LogP contribution in [0.3, 0.4) is 0 Å². The van der Waals surface area contributed by atoms with Crippen molar-refractivity contribution >= 4 is 23.4 Å². The molecule has 0 atom stereocenters. The normalized spacial score (nSPS) is 19.7. The molecular weight excluding hydrogens is 460 g/mol. The highest BCUT2D eigenvalue weighted by molar-refractivity contribution is 6.30. The fourth-order valence-corrected chi connectivity index (χ4v) is 5.20. The summed E-state index contributed by atoms with van der Waals surface area (Å²) in [5.41, 5.74) is 9.54. The van der Waals surface area contributed by atoms with E-state index in [0.29, 0.717) is 17.1 Å². The molecule has 0 spiro atoms. The summed E-state index contributed by atoms with van der Waals surface area (Å²) in [5.74, 6) is -0.386. The van der Waals surface area contributed by atoms with Gasteiger partial charge in [-0.1, -0.05) is 54.1 Å². The number of pyridine rings is 1. The predicted octanol–water partition coefficient (Wildman–Crippen LogP) is 4.43. The fourth-order valence-electron chi connectivity index (χ4n) is 5.01. The Bertz CT molecular complexity index is 1180. The van der Waals surface area contributed by atoms with E-state index in [2.05, 4.69) is 16.4 Å². The van der Waals surface area contributed by atoms with E-state index in [-0.39, 0.29) is 29.8 Å². The molecule has 3 N–H and O–H groups in total. The molecule has 2 amide bonds. The second kappa shape index (κ2) is 11.0. The van der Waals surface area contributed by atoms with Gasteiger partial charge >= 0.3 is 0 Å². The van der Waals surface area contributed by atoms with Gasteiger partial charge in [0.2, 0.25) is 5.91 Å². The second-order valence-corrected chi connectivity index (χ2v) is 9.60. The number of nitrogens with zero attached hydrogens (tertiary/aromatic N) is 2. The fraction of sp³-hybridized carbons (Fsp3) is 0.321. The van der Waals surface area contributed by atoms with Gasteiger partial charge in [-0.15, -0.1) is 0 Å². The van der Waals surface area contributed by atoms with E-state index < -0.39 is 0 Å². The summed E-state index contributed by atoms with van der Waals surface area (Å²) >= 11 is 6.26. The van der Waals surface area contributed by atoms with Gasteiger partial charge in [-0.2, -0.15) is 0 Å². The van der Waals surface area contributed by atoms with E-state index in [1.807, 2.05) is 54.6 Å². The number of aromatic nitrogens is 1. The van der Waals surface area contributed by atoms with E-state index in [4.69, 9.17) is 17.3 Å². The zero-order valence-electron chi connectivity index (χ0n) is 19.9. The number of halogens is 1. The maximum Gasteiger partial charge on any atom is 0.256 e. The summed E-state index contributed by atoms with van der Waals surface area (Å²) in [6, 6.07) is 19.5. The van der Waals surface area contributed by atoms with Gasteiger partial charge < -0.3 is 16.0 Å². The van der Waals surface area contributed by atoms with Gasteiger partial charge in [0.1, 0.15) is 6.54 Å². The van der Waals surface area contributed by atoms with Crippen molar-refractivity contribution in [2.75, 3.05) is 20.1 Å². The Morgan fingerprint density at radius 3 is 2.46 bits per heavy atom. The summed E-state index contributed by atoms with van der Waals surface area (Å²) < 4.78 is 0. The van der Waals surface area contributed by atoms with Gasteiger partial charge in [-0.3, -0.25) is 14.6 Å². The monoisotopic (exact) mass is 490 g/mol. The molecule has 2 aromatic carbocycles. The first-order valence-electron chi connectivity index (χ1n) is 11.9. The molecule has 0 bridgehead atoms. The summed E-state index contributed by atoms with van der Waals surface area (Å²) in [7, 11) is 1.59. The third-order valence-corrected chi connectivity index (χ3v) is 7.36. The Kier molecular flexibility index (Phi) is 7.83. The van der Waals surface area contributed by atoms with E-state index in [0.717, 1.165) is 42.4 Å². The molecule has 35 heavy (non-hydrogen) atoms. The van der Waals surface area contributed by atoms with Crippen molar-refractivity contribution < 1.29 is 9.59 Å². The number of rotatable bonds is 7. The Morgan fingerprint density at radius 2 is 1.80 bits per heavy atom. The van der Waals surface area contributed by atoms with Gasteiger partial charge in [0.05, 0.1) is 5.56 Å².